The van der Waals surface area contributed by atoms with Crippen molar-refractivity contribution in [2.24, 2.45) is 5.41 Å². The first kappa shape index (κ1) is 18.2. The van der Waals surface area contributed by atoms with Crippen LogP contribution in [0.1, 0.15) is 38.7 Å². The van der Waals surface area contributed by atoms with Crippen LogP contribution in [0, 0.1) is 5.41 Å². The molecule has 2 saturated heterocycles. The van der Waals surface area contributed by atoms with E-state index in [4.69, 9.17) is 4.74 Å². The van der Waals surface area contributed by atoms with Gasteiger partial charge in [0.25, 0.3) is 0 Å². The number of nitrogens with zero attached hydrogens (tertiary/aromatic N) is 2. The Balaban J connectivity index is 1.65. The summed E-state index contributed by atoms with van der Waals surface area (Å²) in [4.78, 5) is 16.4. The van der Waals surface area contributed by atoms with Gasteiger partial charge in [-0.3, -0.25) is 9.69 Å². The highest BCUT2D eigenvalue weighted by Gasteiger charge is 2.52. The molecule has 2 heterocycles. The molecule has 5 nitrogen and oxygen atoms in total. The Morgan fingerprint density at radius 2 is 1.96 bits per heavy atom. The summed E-state index contributed by atoms with van der Waals surface area (Å²) < 4.78 is 5.46. The van der Waals surface area contributed by atoms with Gasteiger partial charge >= 0.3 is 0 Å². The number of hydrogen-bond acceptors (Lipinski definition) is 4. The fraction of sp³-hybridized carbons (Fsp3) is 0.650. The van der Waals surface area contributed by atoms with Gasteiger partial charge in [0.15, 0.2) is 0 Å². The van der Waals surface area contributed by atoms with E-state index in [1.165, 1.54) is 5.56 Å². The molecule has 0 aromatic heterocycles. The van der Waals surface area contributed by atoms with Gasteiger partial charge in [-0.2, -0.15) is 0 Å². The van der Waals surface area contributed by atoms with Crippen LogP contribution in [-0.4, -0.2) is 59.7 Å². The van der Waals surface area contributed by atoms with Crippen molar-refractivity contribution in [3.8, 4) is 5.75 Å². The zero-order valence-electron chi connectivity index (χ0n) is 15.6. The van der Waals surface area contributed by atoms with Crippen molar-refractivity contribution in [2.45, 2.75) is 45.2 Å². The first-order valence-corrected chi connectivity index (χ1v) is 9.15. The number of aliphatic hydroxyl groups is 1. The fourth-order valence-corrected chi connectivity index (χ4v) is 4.71. The van der Waals surface area contributed by atoms with Gasteiger partial charge < -0.3 is 14.7 Å². The topological polar surface area (TPSA) is 53.0 Å². The summed E-state index contributed by atoms with van der Waals surface area (Å²) in [7, 11) is 1.72. The fourth-order valence-electron chi connectivity index (χ4n) is 4.71. The highest BCUT2D eigenvalue weighted by molar-refractivity contribution is 5.74. The maximum Gasteiger partial charge on any atom is 0.219 e. The molecule has 2 aliphatic heterocycles. The molecule has 0 saturated carbocycles. The number of hydrogen-bond donors (Lipinski definition) is 1. The van der Waals surface area contributed by atoms with Crippen LogP contribution in [-0.2, 0) is 11.3 Å². The van der Waals surface area contributed by atoms with E-state index in [9.17, 15) is 9.90 Å². The molecule has 0 radical (unpaired) electrons. The summed E-state index contributed by atoms with van der Waals surface area (Å²) in [6.45, 7) is 7.39. The lowest BCUT2D eigenvalue weighted by Crippen LogP contribution is -2.46. The van der Waals surface area contributed by atoms with Gasteiger partial charge in [0.05, 0.1) is 19.3 Å². The lowest BCUT2D eigenvalue weighted by atomic mass is 9.74. The average molecular weight is 346 g/mol. The third-order valence-electron chi connectivity index (χ3n) is 6.12. The van der Waals surface area contributed by atoms with E-state index < -0.39 is 5.54 Å². The largest absolute Gasteiger partial charge is 0.496 e. The Bertz CT molecular complexity index is 625. The van der Waals surface area contributed by atoms with Gasteiger partial charge in [-0.15, -0.1) is 0 Å². The quantitative estimate of drug-likeness (QED) is 0.909. The molecule has 25 heavy (non-hydrogen) atoms. The molecule has 1 N–H and O–H groups in total. The van der Waals surface area contributed by atoms with Gasteiger partial charge in [-0.05, 0) is 50.8 Å². The minimum Gasteiger partial charge on any atom is -0.496 e. The van der Waals surface area contributed by atoms with Crippen molar-refractivity contribution in [1.82, 2.24) is 9.80 Å². The van der Waals surface area contributed by atoms with E-state index in [0.717, 1.165) is 51.2 Å². The van der Waals surface area contributed by atoms with Crippen LogP contribution in [0.15, 0.2) is 24.3 Å². The van der Waals surface area contributed by atoms with Crippen LogP contribution in [0.3, 0.4) is 0 Å². The second-order valence-corrected chi connectivity index (χ2v) is 8.02. The van der Waals surface area contributed by atoms with Crippen molar-refractivity contribution in [3.63, 3.8) is 0 Å². The molecular formula is C20H30N2O3. The maximum atomic E-state index is 12.0. The molecule has 1 atom stereocenters. The number of aliphatic hydroxyl groups excluding tert-OH is 1. The zero-order valence-corrected chi connectivity index (χ0v) is 15.6. The smallest absolute Gasteiger partial charge is 0.219 e. The molecule has 3 rings (SSSR count). The summed E-state index contributed by atoms with van der Waals surface area (Å²) in [5.41, 5.74) is 0.967. The number of carbonyl (C=O) groups is 1. The molecule has 0 bridgehead atoms. The monoisotopic (exact) mass is 346 g/mol. The number of rotatable bonds is 4. The number of carbonyl (C=O) groups excluding carboxylic acids is 1. The molecular weight excluding hydrogens is 316 g/mol. The van der Waals surface area contributed by atoms with E-state index >= 15 is 0 Å². The van der Waals surface area contributed by atoms with Gasteiger partial charge in [-0.25, -0.2) is 0 Å². The van der Waals surface area contributed by atoms with E-state index in [0.29, 0.717) is 0 Å². The normalized spacial score (nSPS) is 26.2. The van der Waals surface area contributed by atoms with E-state index in [2.05, 4.69) is 17.0 Å². The number of amides is 1. The second-order valence-electron chi connectivity index (χ2n) is 8.02. The predicted octanol–water partition coefficient (Wildman–Crippen LogP) is 2.28. The number of methoxy groups -OCH3 is 1. The number of likely N-dealkylation sites (tertiary alicyclic amines) is 2. The Morgan fingerprint density at radius 3 is 2.52 bits per heavy atom. The van der Waals surface area contributed by atoms with E-state index in [1.807, 2.05) is 24.0 Å². The molecule has 1 aromatic carbocycles. The first-order chi connectivity index (χ1) is 11.9. The Morgan fingerprint density at radius 1 is 1.28 bits per heavy atom. The summed E-state index contributed by atoms with van der Waals surface area (Å²) in [6, 6.07) is 8.18. The number of piperidine rings is 1. The molecule has 2 aliphatic rings. The molecule has 5 heteroatoms. The Hall–Kier alpha value is -1.59. The molecule has 138 valence electrons. The molecule has 2 fully saturated rings. The lowest BCUT2D eigenvalue weighted by Gasteiger charge is -2.39. The maximum absolute atomic E-state index is 12.0. The lowest BCUT2D eigenvalue weighted by molar-refractivity contribution is -0.134. The van der Waals surface area contributed by atoms with Crippen LogP contribution < -0.4 is 4.74 Å². The zero-order chi connectivity index (χ0) is 18.1. The number of benzene rings is 1. The van der Waals surface area contributed by atoms with Crippen LogP contribution in [0.25, 0.3) is 0 Å². The molecule has 1 spiro atoms. The third kappa shape index (κ3) is 3.53. The molecule has 1 aromatic rings. The van der Waals surface area contributed by atoms with Crippen LogP contribution >= 0.6 is 0 Å². The van der Waals surface area contributed by atoms with Crippen LogP contribution in [0.2, 0.25) is 0 Å². The summed E-state index contributed by atoms with van der Waals surface area (Å²) in [5, 5.41) is 9.84. The minimum atomic E-state index is -0.406. The highest BCUT2D eigenvalue weighted by atomic mass is 16.5. The van der Waals surface area contributed by atoms with Crippen molar-refractivity contribution in [1.29, 1.82) is 0 Å². The molecule has 0 unspecified atom stereocenters. The van der Waals surface area contributed by atoms with Crippen molar-refractivity contribution in [2.75, 3.05) is 33.4 Å². The standard InChI is InChI=1S/C20H30N2O3/c1-16(24)22-14-20(13-19(22,2)15-23)8-10-21(11-9-20)12-17-6-4-5-7-18(17)25-3/h4-7,23H,8-15H2,1-3H3/t19-/m0/s1. The summed E-state index contributed by atoms with van der Waals surface area (Å²) >= 11 is 0. The van der Waals surface area contributed by atoms with Crippen LogP contribution in [0.5, 0.6) is 5.75 Å². The molecule has 0 aliphatic carbocycles. The predicted molar refractivity (Wildman–Crippen MR) is 97.4 cm³/mol. The van der Waals surface area contributed by atoms with Crippen LogP contribution in [0.4, 0.5) is 0 Å². The second kappa shape index (κ2) is 6.96. The number of para-hydroxylation sites is 1. The Kier molecular flexibility index (Phi) is 5.07. The van der Waals surface area contributed by atoms with Gasteiger partial charge in [0.1, 0.15) is 5.75 Å². The Labute approximate surface area is 150 Å². The van der Waals surface area contributed by atoms with E-state index in [1.54, 1.807) is 14.0 Å². The van der Waals surface area contributed by atoms with Gasteiger partial charge in [-0.1, -0.05) is 18.2 Å². The SMILES string of the molecule is COc1ccccc1CN1CCC2(CC1)CN(C(C)=O)[C@](C)(CO)C2. The minimum absolute atomic E-state index is 0.0409. The van der Waals surface area contributed by atoms with Gasteiger partial charge in [0.2, 0.25) is 5.91 Å². The van der Waals surface area contributed by atoms with Gasteiger partial charge in [0, 0.05) is 25.6 Å². The van der Waals surface area contributed by atoms with Crippen molar-refractivity contribution >= 4 is 5.91 Å². The van der Waals surface area contributed by atoms with Crippen molar-refractivity contribution in [3.05, 3.63) is 29.8 Å². The molecule has 1 amide bonds. The third-order valence-corrected chi connectivity index (χ3v) is 6.12. The average Bonchev–Trinajstić information content (AvgIpc) is 2.91. The first-order valence-electron chi connectivity index (χ1n) is 9.15. The summed E-state index contributed by atoms with van der Waals surface area (Å²) in [5.74, 6) is 1.02. The van der Waals surface area contributed by atoms with E-state index in [-0.39, 0.29) is 17.9 Å². The summed E-state index contributed by atoms with van der Waals surface area (Å²) in [6.07, 6.45) is 3.04. The van der Waals surface area contributed by atoms with Crippen molar-refractivity contribution < 1.29 is 14.6 Å². The number of ether oxygens (including phenoxy) is 1. The highest BCUT2D eigenvalue weighted by Crippen LogP contribution is 2.48.